The average molecular weight is 319 g/mol. The van der Waals surface area contributed by atoms with E-state index in [4.69, 9.17) is 9.47 Å². The zero-order valence-electron chi connectivity index (χ0n) is 13.1. The zero-order valence-corrected chi connectivity index (χ0v) is 13.1. The predicted molar refractivity (Wildman–Crippen MR) is 84.7 cm³/mol. The van der Waals surface area contributed by atoms with Crippen LogP contribution in [0, 0.1) is 0 Å². The van der Waals surface area contributed by atoms with Crippen molar-refractivity contribution in [3.05, 3.63) is 23.8 Å². The lowest BCUT2D eigenvalue weighted by Crippen LogP contribution is -2.45. The zero-order chi connectivity index (χ0) is 16.2. The highest BCUT2D eigenvalue weighted by Gasteiger charge is 2.27. The van der Waals surface area contributed by atoms with Gasteiger partial charge in [-0.15, -0.1) is 0 Å². The molecule has 1 aliphatic carbocycles. The molecule has 1 aromatic rings. The molecule has 0 radical (unpaired) electrons. The lowest BCUT2D eigenvalue weighted by molar-refractivity contribution is -0.128. The Labute approximate surface area is 134 Å². The molecule has 124 valence electrons. The Kier molecular flexibility index (Phi) is 4.78. The van der Waals surface area contributed by atoms with Crippen LogP contribution < -0.4 is 20.7 Å². The molecule has 1 aliphatic heterocycles. The second-order valence-electron chi connectivity index (χ2n) is 5.71. The van der Waals surface area contributed by atoms with E-state index in [1.807, 2.05) is 0 Å². The summed E-state index contributed by atoms with van der Waals surface area (Å²) in [5.74, 6) is 0.103. The third kappa shape index (κ3) is 4.00. The molecule has 0 spiro atoms. The van der Waals surface area contributed by atoms with Crippen LogP contribution in [-0.2, 0) is 9.53 Å². The first-order valence-corrected chi connectivity index (χ1v) is 7.79. The maximum absolute atomic E-state index is 12.4. The van der Waals surface area contributed by atoms with Crippen LogP contribution in [0.25, 0.3) is 0 Å². The summed E-state index contributed by atoms with van der Waals surface area (Å²) in [5.41, 5.74) is 0.858. The smallest absolute Gasteiger partial charge is 0.254 e. The number of anilines is 1. The summed E-state index contributed by atoms with van der Waals surface area (Å²) in [6.45, 7) is 1.70. The quantitative estimate of drug-likeness (QED) is 0.736. The lowest BCUT2D eigenvalue weighted by Gasteiger charge is -2.23. The summed E-state index contributed by atoms with van der Waals surface area (Å²) in [6.07, 6.45) is 1.45. The van der Waals surface area contributed by atoms with E-state index in [0.29, 0.717) is 30.2 Å². The fourth-order valence-corrected chi connectivity index (χ4v) is 2.39. The van der Waals surface area contributed by atoms with E-state index >= 15 is 0 Å². The third-order valence-corrected chi connectivity index (χ3v) is 3.86. The van der Waals surface area contributed by atoms with E-state index in [1.165, 1.54) is 7.11 Å². The molecule has 3 N–H and O–H groups in total. The summed E-state index contributed by atoms with van der Waals surface area (Å²) in [4.78, 5) is 24.7. The van der Waals surface area contributed by atoms with Crippen LogP contribution in [0.5, 0.6) is 5.75 Å². The Morgan fingerprint density at radius 2 is 2.17 bits per heavy atom. The number of rotatable bonds is 5. The van der Waals surface area contributed by atoms with Crippen LogP contribution in [0.4, 0.5) is 5.69 Å². The molecule has 7 nitrogen and oxygen atoms in total. The number of methoxy groups -OCH3 is 1. The number of hydrogen-bond acceptors (Lipinski definition) is 5. The Balaban J connectivity index is 1.76. The number of benzene rings is 1. The van der Waals surface area contributed by atoms with Crippen molar-refractivity contribution in [3.63, 3.8) is 0 Å². The standard InChI is InChI=1S/C16H21N3O4/c1-22-11-4-5-13(12(8-11)15(20)18-10-2-3-10)19-16(21)14-9-17-6-7-23-14/h4-5,8,10,14,17H,2-3,6-7,9H2,1H3,(H,18,20)(H,19,21). The van der Waals surface area contributed by atoms with Crippen molar-refractivity contribution in [2.75, 3.05) is 32.1 Å². The average Bonchev–Trinajstić information content (AvgIpc) is 3.39. The van der Waals surface area contributed by atoms with Crippen LogP contribution >= 0.6 is 0 Å². The molecule has 23 heavy (non-hydrogen) atoms. The number of carbonyl (C=O) groups is 2. The molecular weight excluding hydrogens is 298 g/mol. The molecule has 3 rings (SSSR count). The molecule has 2 aliphatic rings. The van der Waals surface area contributed by atoms with Gasteiger partial charge in [-0.1, -0.05) is 0 Å². The topological polar surface area (TPSA) is 88.7 Å². The number of carbonyl (C=O) groups excluding carboxylic acids is 2. The fraction of sp³-hybridized carbons (Fsp3) is 0.500. The van der Waals surface area contributed by atoms with E-state index in [9.17, 15) is 9.59 Å². The highest BCUT2D eigenvalue weighted by Crippen LogP contribution is 2.25. The van der Waals surface area contributed by atoms with Crippen molar-refractivity contribution in [2.24, 2.45) is 0 Å². The Morgan fingerprint density at radius 1 is 1.35 bits per heavy atom. The Hall–Kier alpha value is -2.12. The highest BCUT2D eigenvalue weighted by atomic mass is 16.5. The van der Waals surface area contributed by atoms with Gasteiger partial charge in [0.2, 0.25) is 0 Å². The van der Waals surface area contributed by atoms with Crippen molar-refractivity contribution in [2.45, 2.75) is 25.0 Å². The molecule has 2 amide bonds. The summed E-state index contributed by atoms with van der Waals surface area (Å²) >= 11 is 0. The first-order valence-electron chi connectivity index (χ1n) is 7.79. The molecule has 0 aromatic heterocycles. The van der Waals surface area contributed by atoms with Gasteiger partial charge in [-0.05, 0) is 31.0 Å². The van der Waals surface area contributed by atoms with Crippen LogP contribution in [0.15, 0.2) is 18.2 Å². The maximum Gasteiger partial charge on any atom is 0.254 e. The molecule has 1 aromatic carbocycles. The minimum absolute atomic E-state index is 0.204. The molecule has 1 atom stereocenters. The SMILES string of the molecule is COc1ccc(NC(=O)C2CNCCO2)c(C(=O)NC2CC2)c1. The van der Waals surface area contributed by atoms with Gasteiger partial charge in [-0.3, -0.25) is 9.59 Å². The first kappa shape index (κ1) is 15.8. The molecule has 1 heterocycles. The van der Waals surface area contributed by atoms with Crippen LogP contribution in [-0.4, -0.2) is 50.8 Å². The molecule has 2 fully saturated rings. The number of nitrogens with one attached hydrogen (secondary N) is 3. The third-order valence-electron chi connectivity index (χ3n) is 3.86. The van der Waals surface area contributed by atoms with Gasteiger partial charge in [0.05, 0.1) is 25.0 Å². The number of amides is 2. The first-order chi connectivity index (χ1) is 11.2. The normalized spacial score (nSPS) is 20.7. The van der Waals surface area contributed by atoms with Gasteiger partial charge >= 0.3 is 0 Å². The summed E-state index contributed by atoms with van der Waals surface area (Å²) in [7, 11) is 1.54. The van der Waals surface area contributed by atoms with E-state index < -0.39 is 6.10 Å². The number of ether oxygens (including phenoxy) is 2. The summed E-state index contributed by atoms with van der Waals surface area (Å²) in [5, 5.41) is 8.82. The molecule has 7 heteroatoms. The van der Waals surface area contributed by atoms with Gasteiger partial charge in [0.25, 0.3) is 11.8 Å². The second-order valence-corrected chi connectivity index (χ2v) is 5.71. The van der Waals surface area contributed by atoms with Gasteiger partial charge in [0, 0.05) is 19.1 Å². The lowest BCUT2D eigenvalue weighted by atomic mass is 10.1. The van der Waals surface area contributed by atoms with Crippen molar-refractivity contribution in [3.8, 4) is 5.75 Å². The maximum atomic E-state index is 12.4. The molecule has 1 saturated carbocycles. The van der Waals surface area contributed by atoms with Crippen LogP contribution in [0.3, 0.4) is 0 Å². The second kappa shape index (κ2) is 6.97. The predicted octanol–water partition coefficient (Wildman–Crippen LogP) is 0.514. The van der Waals surface area contributed by atoms with Crippen molar-refractivity contribution in [1.82, 2.24) is 10.6 Å². The minimum atomic E-state index is -0.551. The van der Waals surface area contributed by atoms with Gasteiger partial charge in [-0.25, -0.2) is 0 Å². The van der Waals surface area contributed by atoms with Crippen molar-refractivity contribution < 1.29 is 19.1 Å². The van der Waals surface area contributed by atoms with E-state index in [-0.39, 0.29) is 17.9 Å². The summed E-state index contributed by atoms with van der Waals surface area (Å²) < 4.78 is 10.6. The molecular formula is C16H21N3O4. The minimum Gasteiger partial charge on any atom is -0.497 e. The Bertz CT molecular complexity index is 595. The van der Waals surface area contributed by atoms with Gasteiger partial charge in [0.15, 0.2) is 0 Å². The van der Waals surface area contributed by atoms with Crippen LogP contribution in [0.1, 0.15) is 23.2 Å². The van der Waals surface area contributed by atoms with Gasteiger partial charge in [-0.2, -0.15) is 0 Å². The largest absolute Gasteiger partial charge is 0.497 e. The van der Waals surface area contributed by atoms with Crippen LogP contribution in [0.2, 0.25) is 0 Å². The van der Waals surface area contributed by atoms with Crippen molar-refractivity contribution in [1.29, 1.82) is 0 Å². The number of hydrogen-bond donors (Lipinski definition) is 3. The van der Waals surface area contributed by atoms with Gasteiger partial charge < -0.3 is 25.4 Å². The van der Waals surface area contributed by atoms with Crippen molar-refractivity contribution >= 4 is 17.5 Å². The molecule has 0 bridgehead atoms. The monoisotopic (exact) mass is 319 g/mol. The molecule has 1 unspecified atom stereocenters. The summed E-state index contributed by atoms with van der Waals surface area (Å²) in [6, 6.07) is 5.26. The fourth-order valence-electron chi connectivity index (χ4n) is 2.39. The molecule has 1 saturated heterocycles. The van der Waals surface area contributed by atoms with E-state index in [1.54, 1.807) is 18.2 Å². The number of morpholine rings is 1. The van der Waals surface area contributed by atoms with Gasteiger partial charge in [0.1, 0.15) is 11.9 Å². The Morgan fingerprint density at radius 3 is 2.83 bits per heavy atom. The highest BCUT2D eigenvalue weighted by molar-refractivity contribution is 6.05. The van der Waals surface area contributed by atoms with E-state index in [0.717, 1.165) is 19.4 Å². The van der Waals surface area contributed by atoms with E-state index in [2.05, 4.69) is 16.0 Å².